The molecule has 46 valence electrons. The summed E-state index contributed by atoms with van der Waals surface area (Å²) in [5.74, 6) is 0.470. The molecule has 1 aliphatic heterocycles. The molecule has 2 N–H and O–H groups in total. The predicted molar refractivity (Wildman–Crippen MR) is 34.8 cm³/mol. The van der Waals surface area contributed by atoms with Crippen LogP contribution in [0, 0.1) is 11.3 Å². The number of hydrogen-bond donors (Lipinski definition) is 1. The highest BCUT2D eigenvalue weighted by Crippen LogP contribution is 2.03. The fraction of sp³-hybridized carbons (Fsp3) is 0.333. The molecule has 9 heavy (non-hydrogen) atoms. The van der Waals surface area contributed by atoms with Gasteiger partial charge in [0.1, 0.15) is 5.84 Å². The van der Waals surface area contributed by atoms with Gasteiger partial charge in [-0.25, -0.2) is 0 Å². The van der Waals surface area contributed by atoms with Crippen LogP contribution in [-0.4, -0.2) is 12.4 Å². The molecular weight excluding hydrogens is 114 g/mol. The fourth-order valence-electron chi connectivity index (χ4n) is 0.690. The lowest BCUT2D eigenvalue weighted by Crippen LogP contribution is -2.13. The van der Waals surface area contributed by atoms with Crippen molar-refractivity contribution in [3.8, 4) is 6.07 Å². The van der Waals surface area contributed by atoms with Crippen molar-refractivity contribution in [2.45, 2.75) is 6.42 Å². The lowest BCUT2D eigenvalue weighted by molar-refractivity contribution is 0.957. The summed E-state index contributed by atoms with van der Waals surface area (Å²) in [6, 6.07) is 2.03. The van der Waals surface area contributed by atoms with Crippen LogP contribution in [0.1, 0.15) is 6.42 Å². The first-order valence-electron chi connectivity index (χ1n) is 2.73. The van der Waals surface area contributed by atoms with E-state index in [9.17, 15) is 0 Å². The minimum atomic E-state index is 0.470. The first-order valence-corrected chi connectivity index (χ1v) is 2.73. The van der Waals surface area contributed by atoms with Gasteiger partial charge in [-0.05, 0) is 6.08 Å². The zero-order valence-corrected chi connectivity index (χ0v) is 4.96. The largest absolute Gasteiger partial charge is 0.384 e. The smallest absolute Gasteiger partial charge is 0.119 e. The molecule has 3 nitrogen and oxygen atoms in total. The van der Waals surface area contributed by atoms with Gasteiger partial charge in [0.05, 0.1) is 6.07 Å². The number of rotatable bonds is 0. The Hall–Kier alpha value is -1.30. The van der Waals surface area contributed by atoms with Gasteiger partial charge in [0.15, 0.2) is 0 Å². The molecule has 0 saturated heterocycles. The minimum absolute atomic E-state index is 0.470. The van der Waals surface area contributed by atoms with E-state index in [1.54, 1.807) is 6.08 Å². The zero-order chi connectivity index (χ0) is 6.69. The molecule has 0 aromatic heterocycles. The molecule has 1 aliphatic rings. The predicted octanol–water partition coefficient (Wildman–Crippen LogP) is 0.197. The van der Waals surface area contributed by atoms with Crippen LogP contribution in [0.25, 0.3) is 0 Å². The Kier molecular flexibility index (Phi) is 1.50. The van der Waals surface area contributed by atoms with E-state index in [-0.39, 0.29) is 0 Å². The summed E-state index contributed by atoms with van der Waals surface area (Å²) >= 11 is 0. The number of nitriles is 1. The summed E-state index contributed by atoms with van der Waals surface area (Å²) in [7, 11) is 0. The molecule has 0 atom stereocenters. The van der Waals surface area contributed by atoms with Crippen molar-refractivity contribution in [1.82, 2.24) is 0 Å². The molecule has 0 aromatic rings. The highest BCUT2D eigenvalue weighted by Gasteiger charge is 2.00. The molecule has 0 amide bonds. The second-order valence-corrected chi connectivity index (χ2v) is 1.84. The van der Waals surface area contributed by atoms with Crippen LogP contribution >= 0.6 is 0 Å². The van der Waals surface area contributed by atoms with Gasteiger partial charge in [-0.3, -0.25) is 4.99 Å². The summed E-state index contributed by atoms with van der Waals surface area (Å²) in [6.07, 6.45) is 2.35. The van der Waals surface area contributed by atoms with Crippen molar-refractivity contribution in [3.05, 3.63) is 11.6 Å². The van der Waals surface area contributed by atoms with Crippen molar-refractivity contribution in [2.75, 3.05) is 6.54 Å². The van der Waals surface area contributed by atoms with Crippen molar-refractivity contribution in [2.24, 2.45) is 10.7 Å². The van der Waals surface area contributed by atoms with Crippen LogP contribution < -0.4 is 5.73 Å². The summed E-state index contributed by atoms with van der Waals surface area (Å²) in [5, 5.41) is 8.38. The van der Waals surface area contributed by atoms with E-state index in [0.29, 0.717) is 12.4 Å². The van der Waals surface area contributed by atoms with Gasteiger partial charge in [-0.1, -0.05) is 0 Å². The van der Waals surface area contributed by atoms with E-state index < -0.39 is 0 Å². The Balaban J connectivity index is 2.78. The summed E-state index contributed by atoms with van der Waals surface area (Å²) in [6.45, 7) is 0.658. The summed E-state index contributed by atoms with van der Waals surface area (Å²) in [4.78, 5) is 3.90. The third kappa shape index (κ3) is 1.29. The van der Waals surface area contributed by atoms with Crippen LogP contribution in [0.3, 0.4) is 0 Å². The third-order valence-corrected chi connectivity index (χ3v) is 1.14. The number of nitrogens with two attached hydrogens (primary N) is 1. The molecule has 1 rings (SSSR count). The first-order chi connectivity index (χ1) is 4.33. The SMILES string of the molecule is N#CC1=CC(N)=NCC1. The number of nitrogens with zero attached hydrogens (tertiary/aromatic N) is 2. The zero-order valence-electron chi connectivity index (χ0n) is 4.96. The Morgan fingerprint density at radius 3 is 3.00 bits per heavy atom. The Morgan fingerprint density at radius 1 is 1.78 bits per heavy atom. The highest BCUT2D eigenvalue weighted by molar-refractivity contribution is 5.93. The number of dihydropyridines is 1. The van der Waals surface area contributed by atoms with E-state index in [0.717, 1.165) is 12.0 Å². The molecule has 0 spiro atoms. The minimum Gasteiger partial charge on any atom is -0.384 e. The van der Waals surface area contributed by atoms with Gasteiger partial charge < -0.3 is 5.73 Å². The molecular formula is C6H7N3. The maximum absolute atomic E-state index is 8.38. The number of hydrogen-bond acceptors (Lipinski definition) is 3. The second kappa shape index (κ2) is 2.31. The van der Waals surface area contributed by atoms with Crippen LogP contribution in [0.2, 0.25) is 0 Å². The van der Waals surface area contributed by atoms with Gasteiger partial charge in [0, 0.05) is 18.5 Å². The second-order valence-electron chi connectivity index (χ2n) is 1.84. The van der Waals surface area contributed by atoms with Gasteiger partial charge in [0.25, 0.3) is 0 Å². The van der Waals surface area contributed by atoms with E-state index in [1.165, 1.54) is 0 Å². The lowest BCUT2D eigenvalue weighted by Gasteiger charge is -2.01. The molecule has 0 unspecified atom stereocenters. The van der Waals surface area contributed by atoms with Crippen LogP contribution in [0.4, 0.5) is 0 Å². The van der Waals surface area contributed by atoms with E-state index in [4.69, 9.17) is 11.0 Å². The van der Waals surface area contributed by atoms with E-state index >= 15 is 0 Å². The van der Waals surface area contributed by atoms with Crippen LogP contribution in [-0.2, 0) is 0 Å². The molecule has 0 aliphatic carbocycles. The molecule has 0 saturated carbocycles. The van der Waals surface area contributed by atoms with Gasteiger partial charge in [-0.2, -0.15) is 5.26 Å². The van der Waals surface area contributed by atoms with Gasteiger partial charge >= 0.3 is 0 Å². The summed E-state index contributed by atoms with van der Waals surface area (Å²) in [5.41, 5.74) is 6.05. The molecule has 0 radical (unpaired) electrons. The Labute approximate surface area is 53.5 Å². The first kappa shape index (κ1) is 5.83. The maximum Gasteiger partial charge on any atom is 0.119 e. The molecule has 0 bridgehead atoms. The third-order valence-electron chi connectivity index (χ3n) is 1.14. The average molecular weight is 121 g/mol. The van der Waals surface area contributed by atoms with E-state index in [1.807, 2.05) is 6.07 Å². The van der Waals surface area contributed by atoms with Crippen LogP contribution in [0.15, 0.2) is 16.6 Å². The Bertz CT molecular complexity index is 207. The van der Waals surface area contributed by atoms with Crippen LogP contribution in [0.5, 0.6) is 0 Å². The van der Waals surface area contributed by atoms with E-state index in [2.05, 4.69) is 4.99 Å². The maximum atomic E-state index is 8.38. The summed E-state index contributed by atoms with van der Waals surface area (Å²) < 4.78 is 0. The fourth-order valence-corrected chi connectivity index (χ4v) is 0.690. The van der Waals surface area contributed by atoms with Gasteiger partial charge in [-0.15, -0.1) is 0 Å². The molecule has 0 aromatic carbocycles. The average Bonchev–Trinajstić information content (AvgIpc) is 1.88. The highest BCUT2D eigenvalue weighted by atomic mass is 14.8. The monoisotopic (exact) mass is 121 g/mol. The molecule has 3 heteroatoms. The number of amidine groups is 1. The topological polar surface area (TPSA) is 62.2 Å². The number of aliphatic imine (C=N–C) groups is 1. The van der Waals surface area contributed by atoms with Crippen molar-refractivity contribution in [3.63, 3.8) is 0 Å². The normalized spacial score (nSPS) is 17.7. The molecule has 0 fully saturated rings. The standard InChI is InChI=1S/C6H7N3/c7-4-5-1-2-9-6(8)3-5/h3H,1-2H2,(H2,8,9). The molecule has 1 heterocycles. The van der Waals surface area contributed by atoms with Crippen molar-refractivity contribution >= 4 is 5.84 Å². The van der Waals surface area contributed by atoms with Crippen molar-refractivity contribution < 1.29 is 0 Å². The Morgan fingerprint density at radius 2 is 2.56 bits per heavy atom. The van der Waals surface area contributed by atoms with Crippen molar-refractivity contribution in [1.29, 1.82) is 5.26 Å². The van der Waals surface area contributed by atoms with Gasteiger partial charge in [0.2, 0.25) is 0 Å². The lowest BCUT2D eigenvalue weighted by atomic mass is 10.1. The quantitative estimate of drug-likeness (QED) is 0.497.